The van der Waals surface area contributed by atoms with E-state index in [4.69, 9.17) is 4.42 Å². The third-order valence-electron chi connectivity index (χ3n) is 7.82. The zero-order valence-electron chi connectivity index (χ0n) is 25.6. The van der Waals surface area contributed by atoms with Crippen molar-refractivity contribution in [2.24, 2.45) is 0 Å². The Morgan fingerprint density at radius 2 is 1.52 bits per heavy atom. The molecule has 0 fully saturated rings. The Morgan fingerprint density at radius 1 is 0.727 bits per heavy atom. The Bertz CT molecular complexity index is 2000. The van der Waals surface area contributed by atoms with Crippen molar-refractivity contribution in [2.75, 3.05) is 0 Å². The second-order valence-corrected chi connectivity index (χ2v) is 11.3. The van der Waals surface area contributed by atoms with Gasteiger partial charge >= 0.3 is 0 Å². The van der Waals surface area contributed by atoms with Crippen LogP contribution in [0.1, 0.15) is 42.0 Å². The Balaban J connectivity index is 0.000000194. The quantitative estimate of drug-likeness (QED) is 0.168. The van der Waals surface area contributed by atoms with Gasteiger partial charge < -0.3 is 14.4 Å². The molecule has 3 aromatic heterocycles. The van der Waals surface area contributed by atoms with Crippen LogP contribution in [0.25, 0.3) is 55.6 Å². The van der Waals surface area contributed by atoms with Gasteiger partial charge in [-0.15, -0.1) is 53.6 Å². The molecule has 0 unspecified atom stereocenters. The van der Waals surface area contributed by atoms with Crippen LogP contribution in [0.3, 0.4) is 0 Å². The van der Waals surface area contributed by atoms with E-state index in [1.807, 2.05) is 49.6 Å². The largest absolute Gasteiger partial charge is 0.501 e. The Labute approximate surface area is 273 Å². The predicted octanol–water partition coefficient (Wildman–Crippen LogP) is 10.7. The summed E-state index contributed by atoms with van der Waals surface area (Å²) >= 11 is 0. The summed E-state index contributed by atoms with van der Waals surface area (Å²) in [4.78, 5) is 9.02. The van der Waals surface area contributed by atoms with Gasteiger partial charge in [0.25, 0.3) is 0 Å². The molecule has 0 saturated heterocycles. The summed E-state index contributed by atoms with van der Waals surface area (Å²) in [5.41, 5.74) is 13.0. The van der Waals surface area contributed by atoms with E-state index in [1.54, 1.807) is 0 Å². The van der Waals surface area contributed by atoms with Gasteiger partial charge in [-0.05, 0) is 72.1 Å². The number of hydrogen-bond acceptors (Lipinski definition) is 3. The predicted molar refractivity (Wildman–Crippen MR) is 178 cm³/mol. The third-order valence-corrected chi connectivity index (χ3v) is 7.82. The third kappa shape index (κ3) is 6.43. The molecule has 7 rings (SSSR count). The summed E-state index contributed by atoms with van der Waals surface area (Å²) in [6.45, 7) is 10.7. The van der Waals surface area contributed by atoms with Gasteiger partial charge in [0.1, 0.15) is 5.58 Å². The van der Waals surface area contributed by atoms with Gasteiger partial charge in [-0.2, -0.15) is 0 Å². The van der Waals surface area contributed by atoms with Crippen LogP contribution in [0, 0.1) is 32.9 Å². The molecule has 0 N–H and O–H groups in total. The Kier molecular flexibility index (Phi) is 9.54. The number of aromatic nitrogens is 2. The van der Waals surface area contributed by atoms with Crippen molar-refractivity contribution in [2.45, 2.75) is 40.5 Å². The van der Waals surface area contributed by atoms with Crippen LogP contribution in [0.5, 0.6) is 0 Å². The van der Waals surface area contributed by atoms with Crippen molar-refractivity contribution in [1.29, 1.82) is 0 Å². The minimum Gasteiger partial charge on any atom is -0.501 e. The van der Waals surface area contributed by atoms with Crippen molar-refractivity contribution >= 4 is 21.9 Å². The van der Waals surface area contributed by atoms with Crippen molar-refractivity contribution in [3.63, 3.8) is 0 Å². The Hall–Kier alpha value is -4.37. The van der Waals surface area contributed by atoms with E-state index in [0.717, 1.165) is 50.0 Å². The fraction of sp³-hybridized carbons (Fsp3) is 0.150. The van der Waals surface area contributed by atoms with Crippen LogP contribution in [0.4, 0.5) is 0 Å². The maximum atomic E-state index is 6.16. The van der Waals surface area contributed by atoms with Crippen molar-refractivity contribution in [3.05, 3.63) is 144 Å². The van der Waals surface area contributed by atoms with E-state index in [1.165, 1.54) is 27.8 Å². The van der Waals surface area contributed by atoms with E-state index < -0.39 is 0 Å². The number of nitrogens with zero attached hydrogens (tertiary/aromatic N) is 2. The van der Waals surface area contributed by atoms with Crippen molar-refractivity contribution < 1.29 is 24.5 Å². The van der Waals surface area contributed by atoms with Gasteiger partial charge in [-0.1, -0.05) is 85.3 Å². The summed E-state index contributed by atoms with van der Waals surface area (Å²) < 4.78 is 6.16. The van der Waals surface area contributed by atoms with Gasteiger partial charge in [-0.25, -0.2) is 0 Å². The van der Waals surface area contributed by atoms with E-state index in [9.17, 15) is 0 Å². The van der Waals surface area contributed by atoms with Gasteiger partial charge in [-0.3, -0.25) is 0 Å². The first kappa shape index (κ1) is 31.1. The summed E-state index contributed by atoms with van der Waals surface area (Å²) in [6.07, 6.45) is 3.76. The number of para-hydroxylation sites is 1. The minimum atomic E-state index is 0. The fourth-order valence-electron chi connectivity index (χ4n) is 5.46. The summed E-state index contributed by atoms with van der Waals surface area (Å²) in [5, 5.41) is 2.22. The molecule has 0 spiro atoms. The minimum absolute atomic E-state index is 0. The molecular formula is C40H34IrN2O-2. The van der Waals surface area contributed by atoms with Crippen LogP contribution < -0.4 is 0 Å². The zero-order chi connectivity index (χ0) is 29.9. The number of aryl methyl sites for hydroxylation is 3. The van der Waals surface area contributed by atoms with Crippen LogP contribution in [-0.4, -0.2) is 9.97 Å². The molecule has 3 heterocycles. The maximum absolute atomic E-state index is 6.16. The average Bonchev–Trinajstić information content (AvgIpc) is 3.41. The molecule has 0 aliphatic carbocycles. The number of fused-ring (bicyclic) bond motifs is 3. The molecule has 221 valence electrons. The van der Waals surface area contributed by atoms with Crippen molar-refractivity contribution in [3.8, 4) is 33.6 Å². The smallest absolute Gasteiger partial charge is 0.120 e. The second kappa shape index (κ2) is 13.5. The maximum Gasteiger partial charge on any atom is 0.120 e. The second-order valence-electron chi connectivity index (χ2n) is 11.3. The van der Waals surface area contributed by atoms with Gasteiger partial charge in [0.2, 0.25) is 0 Å². The standard InChI is InChI=1S/C25H18NO.C15H16N.Ir/c1-16-7-5-8-17(2)24(16)18-13-14-26-22(15-18)21-11-6-10-20-19-9-3-4-12-23(19)27-25(20)21;1-11(2)13-5-7-14(8-6-13)15-9-4-12(3)10-16-15;/h3-10,12-15H,1-2H3;4-7,9-11H,1-3H3;/q2*-1;. The molecule has 0 atom stereocenters. The number of hydrogen-bond donors (Lipinski definition) is 0. The normalized spacial score (nSPS) is 10.9. The molecule has 0 bridgehead atoms. The van der Waals surface area contributed by atoms with Crippen molar-refractivity contribution in [1.82, 2.24) is 9.97 Å². The molecule has 3 nitrogen and oxygen atoms in total. The van der Waals surface area contributed by atoms with Crippen LogP contribution >= 0.6 is 0 Å². The molecule has 7 aromatic rings. The van der Waals surface area contributed by atoms with Gasteiger partial charge in [0.05, 0.1) is 5.58 Å². The van der Waals surface area contributed by atoms with Crippen LogP contribution in [0.15, 0.2) is 114 Å². The topological polar surface area (TPSA) is 38.9 Å². The molecule has 0 amide bonds. The number of benzene rings is 4. The Morgan fingerprint density at radius 3 is 2.23 bits per heavy atom. The molecule has 0 aliphatic heterocycles. The first-order valence-electron chi connectivity index (χ1n) is 14.7. The molecule has 44 heavy (non-hydrogen) atoms. The molecule has 0 aliphatic rings. The summed E-state index contributed by atoms with van der Waals surface area (Å²) in [5.74, 6) is 0.552. The van der Waals surface area contributed by atoms with Crippen LogP contribution in [0.2, 0.25) is 0 Å². The van der Waals surface area contributed by atoms with E-state index in [0.29, 0.717) is 5.92 Å². The SMILES string of the molecule is Cc1ccc(-c2[c-]cc(C(C)C)cc2)nc1.Cc1cccc(C)c1-c1ccnc(-c2[c-]ccc3c2oc2ccccc23)c1.[Ir]. The van der Waals surface area contributed by atoms with E-state index in [2.05, 4.69) is 117 Å². The zero-order valence-corrected chi connectivity index (χ0v) is 28.0. The molecule has 0 saturated carbocycles. The first-order chi connectivity index (χ1) is 20.9. The van der Waals surface area contributed by atoms with E-state index >= 15 is 0 Å². The van der Waals surface area contributed by atoms with Gasteiger partial charge in [0, 0.05) is 37.9 Å². The average molecular weight is 751 g/mol. The summed E-state index contributed by atoms with van der Waals surface area (Å²) in [6, 6.07) is 39.8. The molecular weight excluding hydrogens is 717 g/mol. The number of rotatable bonds is 4. The fourth-order valence-corrected chi connectivity index (χ4v) is 5.46. The summed E-state index contributed by atoms with van der Waals surface area (Å²) in [7, 11) is 0. The van der Waals surface area contributed by atoms with E-state index in [-0.39, 0.29) is 20.1 Å². The first-order valence-corrected chi connectivity index (χ1v) is 14.7. The molecule has 4 aromatic carbocycles. The number of furan rings is 1. The van der Waals surface area contributed by atoms with Crippen LogP contribution in [-0.2, 0) is 20.1 Å². The monoisotopic (exact) mass is 751 g/mol. The molecule has 4 heteroatoms. The molecule has 1 radical (unpaired) electrons. The van der Waals surface area contributed by atoms with Gasteiger partial charge in [0.15, 0.2) is 0 Å². The number of pyridine rings is 2.